The van der Waals surface area contributed by atoms with Crippen molar-refractivity contribution in [1.82, 2.24) is 24.9 Å². The average Bonchev–Trinajstić information content (AvgIpc) is 3.26. The Labute approximate surface area is 162 Å². The maximum absolute atomic E-state index is 12.6. The van der Waals surface area contributed by atoms with Crippen molar-refractivity contribution in [2.24, 2.45) is 7.05 Å². The van der Waals surface area contributed by atoms with E-state index >= 15 is 0 Å². The van der Waals surface area contributed by atoms with Crippen molar-refractivity contribution in [2.45, 2.75) is 26.4 Å². The fraction of sp³-hybridized carbons (Fsp3) is 0.263. The number of hydrogen-bond acceptors (Lipinski definition) is 5. The Hall–Kier alpha value is -2.93. The molecule has 0 spiro atoms. The lowest BCUT2D eigenvalue weighted by molar-refractivity contribution is -0.128. The van der Waals surface area contributed by atoms with Crippen LogP contribution in [-0.2, 0) is 18.4 Å². The third-order valence-corrected chi connectivity index (χ3v) is 4.26. The molecule has 3 aromatic rings. The maximum atomic E-state index is 12.6. The van der Waals surface area contributed by atoms with E-state index in [1.165, 1.54) is 6.08 Å². The summed E-state index contributed by atoms with van der Waals surface area (Å²) < 4.78 is 7.39. The van der Waals surface area contributed by atoms with E-state index in [0.29, 0.717) is 22.4 Å². The summed E-state index contributed by atoms with van der Waals surface area (Å²) >= 11 is 6.17. The standard InChI is InChI=1S/C19H20ClN5O2/c1-13(2)25(18(26)9-8-14-10-21-24(3)11-14)12-17-22-23-19(27-17)15-6-4-5-7-16(15)20/h4-11,13H,12H2,1-3H3. The molecule has 27 heavy (non-hydrogen) atoms. The zero-order valence-corrected chi connectivity index (χ0v) is 16.1. The van der Waals surface area contributed by atoms with Gasteiger partial charge in [-0.25, -0.2) is 0 Å². The van der Waals surface area contributed by atoms with Gasteiger partial charge in [-0.2, -0.15) is 5.10 Å². The minimum atomic E-state index is -0.147. The van der Waals surface area contributed by atoms with Crippen molar-refractivity contribution in [1.29, 1.82) is 0 Å². The molecule has 8 heteroatoms. The molecule has 2 heterocycles. The van der Waals surface area contributed by atoms with E-state index in [9.17, 15) is 4.79 Å². The van der Waals surface area contributed by atoms with Crippen LogP contribution in [0.5, 0.6) is 0 Å². The van der Waals surface area contributed by atoms with E-state index in [0.717, 1.165) is 5.56 Å². The van der Waals surface area contributed by atoms with Crippen LogP contribution in [0.15, 0.2) is 47.2 Å². The fourth-order valence-corrected chi connectivity index (χ4v) is 2.73. The van der Waals surface area contributed by atoms with Gasteiger partial charge in [-0.3, -0.25) is 9.48 Å². The summed E-state index contributed by atoms with van der Waals surface area (Å²) in [4.78, 5) is 14.3. The van der Waals surface area contributed by atoms with Crippen LogP contribution < -0.4 is 0 Å². The Kier molecular flexibility index (Phi) is 5.71. The van der Waals surface area contributed by atoms with Crippen LogP contribution in [0.4, 0.5) is 0 Å². The molecule has 7 nitrogen and oxygen atoms in total. The Morgan fingerprint density at radius 1 is 1.33 bits per heavy atom. The van der Waals surface area contributed by atoms with Crippen molar-refractivity contribution in [3.05, 3.63) is 59.2 Å². The van der Waals surface area contributed by atoms with Crippen LogP contribution in [0.3, 0.4) is 0 Å². The number of rotatable bonds is 6. The third-order valence-electron chi connectivity index (χ3n) is 3.93. The first kappa shape index (κ1) is 18.8. The van der Waals surface area contributed by atoms with Gasteiger partial charge in [-0.1, -0.05) is 23.7 Å². The minimum absolute atomic E-state index is 0.0355. The zero-order valence-electron chi connectivity index (χ0n) is 15.3. The number of aromatic nitrogens is 4. The van der Waals surface area contributed by atoms with Crippen molar-refractivity contribution in [3.8, 4) is 11.5 Å². The molecule has 2 aromatic heterocycles. The number of hydrogen-bond donors (Lipinski definition) is 0. The SMILES string of the molecule is CC(C)N(Cc1nnc(-c2ccccc2Cl)o1)C(=O)C=Cc1cnn(C)c1. The van der Waals surface area contributed by atoms with Crippen molar-refractivity contribution in [2.75, 3.05) is 0 Å². The molecule has 0 N–H and O–H groups in total. The summed E-state index contributed by atoms with van der Waals surface area (Å²) in [5, 5.41) is 12.7. The topological polar surface area (TPSA) is 77.1 Å². The number of benzene rings is 1. The molecule has 1 amide bonds. The Morgan fingerprint density at radius 3 is 2.78 bits per heavy atom. The second kappa shape index (κ2) is 8.18. The predicted octanol–water partition coefficient (Wildman–Crippen LogP) is 3.57. The van der Waals surface area contributed by atoms with Gasteiger partial charge in [0.15, 0.2) is 0 Å². The first-order valence-corrected chi connectivity index (χ1v) is 8.86. The average molecular weight is 386 g/mol. The predicted molar refractivity (Wildman–Crippen MR) is 103 cm³/mol. The van der Waals surface area contributed by atoms with Gasteiger partial charge in [-0.15, -0.1) is 10.2 Å². The van der Waals surface area contributed by atoms with Crippen LogP contribution in [0.2, 0.25) is 5.02 Å². The van der Waals surface area contributed by atoms with Crippen LogP contribution in [0.1, 0.15) is 25.3 Å². The van der Waals surface area contributed by atoms with Crippen LogP contribution in [-0.4, -0.2) is 36.8 Å². The summed E-state index contributed by atoms with van der Waals surface area (Å²) in [6.45, 7) is 4.08. The highest BCUT2D eigenvalue weighted by Gasteiger charge is 2.19. The molecule has 0 saturated carbocycles. The van der Waals surface area contributed by atoms with Gasteiger partial charge in [-0.05, 0) is 32.1 Å². The molecule has 0 aliphatic rings. The molecule has 0 atom stereocenters. The van der Waals surface area contributed by atoms with Crippen molar-refractivity contribution in [3.63, 3.8) is 0 Å². The molecule has 0 radical (unpaired) electrons. The summed E-state index contributed by atoms with van der Waals surface area (Å²) in [6.07, 6.45) is 6.77. The lowest BCUT2D eigenvalue weighted by Crippen LogP contribution is -2.35. The molecule has 0 aliphatic heterocycles. The molecule has 1 aromatic carbocycles. The first-order chi connectivity index (χ1) is 12.9. The second-order valence-electron chi connectivity index (χ2n) is 6.32. The summed E-state index contributed by atoms with van der Waals surface area (Å²) in [5.41, 5.74) is 1.52. The van der Waals surface area contributed by atoms with Gasteiger partial charge in [0.05, 0.1) is 23.3 Å². The smallest absolute Gasteiger partial charge is 0.249 e. The summed E-state index contributed by atoms with van der Waals surface area (Å²) in [6, 6.07) is 7.21. The molecule has 0 bridgehead atoms. The number of amides is 1. The van der Waals surface area contributed by atoms with E-state index in [2.05, 4.69) is 15.3 Å². The van der Waals surface area contributed by atoms with E-state index in [-0.39, 0.29) is 18.5 Å². The van der Waals surface area contributed by atoms with E-state index in [4.69, 9.17) is 16.0 Å². The first-order valence-electron chi connectivity index (χ1n) is 8.48. The summed E-state index contributed by atoms with van der Waals surface area (Å²) in [7, 11) is 1.83. The molecule has 0 fully saturated rings. The van der Waals surface area contributed by atoms with Gasteiger partial charge >= 0.3 is 0 Å². The molecule has 0 saturated heterocycles. The number of aryl methyl sites for hydroxylation is 1. The quantitative estimate of drug-likeness (QED) is 0.606. The highest BCUT2D eigenvalue weighted by molar-refractivity contribution is 6.33. The van der Waals surface area contributed by atoms with E-state index in [1.54, 1.807) is 27.9 Å². The maximum Gasteiger partial charge on any atom is 0.249 e. The highest BCUT2D eigenvalue weighted by Crippen LogP contribution is 2.26. The number of carbonyl (C=O) groups is 1. The van der Waals surface area contributed by atoms with E-state index < -0.39 is 0 Å². The fourth-order valence-electron chi connectivity index (χ4n) is 2.51. The highest BCUT2D eigenvalue weighted by atomic mass is 35.5. The molecule has 0 unspecified atom stereocenters. The Balaban J connectivity index is 1.74. The molecule has 140 valence electrons. The van der Waals surface area contributed by atoms with Gasteiger partial charge in [0.2, 0.25) is 17.7 Å². The van der Waals surface area contributed by atoms with E-state index in [1.807, 2.05) is 45.3 Å². The van der Waals surface area contributed by atoms with Gasteiger partial charge in [0, 0.05) is 30.9 Å². The molecular weight excluding hydrogens is 366 g/mol. The monoisotopic (exact) mass is 385 g/mol. The number of halogens is 1. The third kappa shape index (κ3) is 4.62. The zero-order chi connectivity index (χ0) is 19.4. The largest absolute Gasteiger partial charge is 0.419 e. The van der Waals surface area contributed by atoms with Crippen molar-refractivity contribution < 1.29 is 9.21 Å². The van der Waals surface area contributed by atoms with Crippen LogP contribution in [0, 0.1) is 0 Å². The van der Waals surface area contributed by atoms with Crippen molar-refractivity contribution >= 4 is 23.6 Å². The lowest BCUT2D eigenvalue weighted by atomic mass is 10.2. The Morgan fingerprint density at radius 2 is 2.11 bits per heavy atom. The molecule has 3 rings (SSSR count). The normalized spacial score (nSPS) is 11.4. The summed E-state index contributed by atoms with van der Waals surface area (Å²) in [5.74, 6) is 0.533. The van der Waals surface area contributed by atoms with Gasteiger partial charge < -0.3 is 9.32 Å². The number of carbonyl (C=O) groups excluding carboxylic acids is 1. The molecule has 0 aliphatic carbocycles. The minimum Gasteiger partial charge on any atom is -0.419 e. The van der Waals surface area contributed by atoms with Crippen LogP contribution >= 0.6 is 11.6 Å². The van der Waals surface area contributed by atoms with Crippen LogP contribution in [0.25, 0.3) is 17.5 Å². The second-order valence-corrected chi connectivity index (χ2v) is 6.73. The van der Waals surface area contributed by atoms with Gasteiger partial charge in [0.1, 0.15) is 0 Å². The number of nitrogens with zero attached hydrogens (tertiary/aromatic N) is 5. The molecular formula is C19H20ClN5O2. The van der Waals surface area contributed by atoms with Gasteiger partial charge in [0.25, 0.3) is 0 Å². The Bertz CT molecular complexity index is 960. The lowest BCUT2D eigenvalue weighted by Gasteiger charge is -2.23.